The van der Waals surface area contributed by atoms with Crippen LogP contribution in [0, 0.1) is 0 Å². The Kier molecular flexibility index (Phi) is 6.21. The fourth-order valence-corrected chi connectivity index (χ4v) is 2.77. The normalized spacial score (nSPS) is 22.0. The van der Waals surface area contributed by atoms with Gasteiger partial charge in [-0.3, -0.25) is 4.79 Å². The first kappa shape index (κ1) is 16.0. The van der Waals surface area contributed by atoms with Crippen LogP contribution in [0.25, 0.3) is 0 Å². The summed E-state index contributed by atoms with van der Waals surface area (Å²) in [5, 5.41) is 6.24. The van der Waals surface area contributed by atoms with Crippen molar-refractivity contribution in [3.8, 4) is 0 Å². The Balaban J connectivity index is 1.81. The van der Waals surface area contributed by atoms with Gasteiger partial charge in [-0.05, 0) is 37.0 Å². The summed E-state index contributed by atoms with van der Waals surface area (Å²) in [5.41, 5.74) is 1.91. The monoisotopic (exact) mass is 290 g/mol. The highest BCUT2D eigenvalue weighted by molar-refractivity contribution is 5.93. The zero-order valence-electron chi connectivity index (χ0n) is 13.0. The number of benzene rings is 1. The first-order chi connectivity index (χ1) is 10.2. The summed E-state index contributed by atoms with van der Waals surface area (Å²) in [6.45, 7) is 3.91. The molecule has 0 aliphatic carbocycles. The second-order valence-electron chi connectivity index (χ2n) is 5.66. The van der Waals surface area contributed by atoms with E-state index in [2.05, 4.69) is 17.6 Å². The first-order valence-corrected chi connectivity index (χ1v) is 7.89. The van der Waals surface area contributed by atoms with E-state index in [0.717, 1.165) is 32.4 Å². The molecule has 4 heteroatoms. The number of carbonyl (C=O) groups is 1. The van der Waals surface area contributed by atoms with Crippen LogP contribution in [-0.4, -0.2) is 31.7 Å². The number of hydrogen-bond acceptors (Lipinski definition) is 3. The standard InChI is InChI=1S/C17H26N2O2/c1-3-4-16-11-15(9-10-21-16)19-12-13-5-7-14(8-6-13)17(20)18-2/h5-8,15-16,19H,3-4,9-12H2,1-2H3,(H,18,20). The van der Waals surface area contributed by atoms with Gasteiger partial charge in [0.05, 0.1) is 6.10 Å². The Bertz CT molecular complexity index is 443. The molecule has 1 aliphatic rings. The van der Waals surface area contributed by atoms with Crippen LogP contribution >= 0.6 is 0 Å². The molecular weight excluding hydrogens is 264 g/mol. The van der Waals surface area contributed by atoms with E-state index in [1.165, 1.54) is 12.0 Å². The van der Waals surface area contributed by atoms with Gasteiger partial charge in [-0.25, -0.2) is 0 Å². The topological polar surface area (TPSA) is 50.4 Å². The van der Waals surface area contributed by atoms with E-state index in [9.17, 15) is 4.79 Å². The maximum absolute atomic E-state index is 11.5. The summed E-state index contributed by atoms with van der Waals surface area (Å²) < 4.78 is 5.77. The lowest BCUT2D eigenvalue weighted by Crippen LogP contribution is -2.38. The van der Waals surface area contributed by atoms with Crippen molar-refractivity contribution in [2.45, 2.75) is 51.3 Å². The third-order valence-electron chi connectivity index (χ3n) is 4.02. The molecule has 2 unspecified atom stereocenters. The summed E-state index contributed by atoms with van der Waals surface area (Å²) in [6.07, 6.45) is 4.93. The number of nitrogens with one attached hydrogen (secondary N) is 2. The van der Waals surface area contributed by atoms with Crippen molar-refractivity contribution in [3.63, 3.8) is 0 Å². The molecule has 0 spiro atoms. The van der Waals surface area contributed by atoms with Crippen LogP contribution in [0.15, 0.2) is 24.3 Å². The summed E-state index contributed by atoms with van der Waals surface area (Å²) in [6, 6.07) is 8.31. The Morgan fingerprint density at radius 2 is 2.10 bits per heavy atom. The van der Waals surface area contributed by atoms with Gasteiger partial charge in [0.15, 0.2) is 0 Å². The molecule has 0 saturated carbocycles. The minimum Gasteiger partial charge on any atom is -0.378 e. The van der Waals surface area contributed by atoms with Crippen molar-refractivity contribution in [2.24, 2.45) is 0 Å². The molecule has 4 nitrogen and oxygen atoms in total. The van der Waals surface area contributed by atoms with Gasteiger partial charge in [0.2, 0.25) is 0 Å². The van der Waals surface area contributed by atoms with Gasteiger partial charge in [-0.1, -0.05) is 25.5 Å². The molecule has 1 fully saturated rings. The highest BCUT2D eigenvalue weighted by Crippen LogP contribution is 2.18. The highest BCUT2D eigenvalue weighted by Gasteiger charge is 2.21. The number of ether oxygens (including phenoxy) is 1. The molecule has 2 atom stereocenters. The third-order valence-corrected chi connectivity index (χ3v) is 4.02. The van der Waals surface area contributed by atoms with Crippen molar-refractivity contribution in [1.29, 1.82) is 0 Å². The molecule has 1 amide bonds. The third kappa shape index (κ3) is 4.83. The molecule has 1 aromatic carbocycles. The molecule has 21 heavy (non-hydrogen) atoms. The van der Waals surface area contributed by atoms with Crippen molar-refractivity contribution >= 4 is 5.91 Å². The Morgan fingerprint density at radius 1 is 1.33 bits per heavy atom. The molecule has 2 N–H and O–H groups in total. The highest BCUT2D eigenvalue weighted by atomic mass is 16.5. The smallest absolute Gasteiger partial charge is 0.251 e. The Morgan fingerprint density at radius 3 is 2.76 bits per heavy atom. The average molecular weight is 290 g/mol. The molecule has 1 saturated heterocycles. The van der Waals surface area contributed by atoms with E-state index < -0.39 is 0 Å². The molecular formula is C17H26N2O2. The summed E-state index contributed by atoms with van der Waals surface area (Å²) >= 11 is 0. The Labute approximate surface area is 127 Å². The minimum atomic E-state index is -0.0404. The van der Waals surface area contributed by atoms with Gasteiger partial charge in [0, 0.05) is 31.8 Å². The van der Waals surface area contributed by atoms with E-state index >= 15 is 0 Å². The molecule has 1 aliphatic heterocycles. The van der Waals surface area contributed by atoms with Crippen LogP contribution in [0.4, 0.5) is 0 Å². The molecule has 116 valence electrons. The van der Waals surface area contributed by atoms with Gasteiger partial charge >= 0.3 is 0 Å². The number of amides is 1. The summed E-state index contributed by atoms with van der Waals surface area (Å²) in [4.78, 5) is 11.5. The van der Waals surface area contributed by atoms with E-state index in [0.29, 0.717) is 17.7 Å². The average Bonchev–Trinajstić information content (AvgIpc) is 2.53. The van der Waals surface area contributed by atoms with Gasteiger partial charge in [-0.2, -0.15) is 0 Å². The van der Waals surface area contributed by atoms with E-state index in [4.69, 9.17) is 4.74 Å². The van der Waals surface area contributed by atoms with Crippen LogP contribution < -0.4 is 10.6 Å². The fraction of sp³-hybridized carbons (Fsp3) is 0.588. The van der Waals surface area contributed by atoms with E-state index in [1.807, 2.05) is 24.3 Å². The molecule has 1 aromatic rings. The molecule has 0 radical (unpaired) electrons. The maximum atomic E-state index is 11.5. The molecule has 2 rings (SSSR count). The quantitative estimate of drug-likeness (QED) is 0.846. The van der Waals surface area contributed by atoms with Crippen LogP contribution in [0.1, 0.15) is 48.5 Å². The van der Waals surface area contributed by atoms with Gasteiger partial charge in [-0.15, -0.1) is 0 Å². The van der Waals surface area contributed by atoms with Crippen molar-refractivity contribution in [2.75, 3.05) is 13.7 Å². The van der Waals surface area contributed by atoms with Crippen LogP contribution in [-0.2, 0) is 11.3 Å². The predicted octanol–water partition coefficient (Wildman–Crippen LogP) is 2.48. The maximum Gasteiger partial charge on any atom is 0.251 e. The molecule has 0 aromatic heterocycles. The second kappa shape index (κ2) is 8.15. The zero-order valence-corrected chi connectivity index (χ0v) is 13.0. The first-order valence-electron chi connectivity index (χ1n) is 7.89. The molecule has 1 heterocycles. The summed E-state index contributed by atoms with van der Waals surface area (Å²) in [5.74, 6) is -0.0404. The van der Waals surface area contributed by atoms with Gasteiger partial charge in [0.25, 0.3) is 5.91 Å². The Hall–Kier alpha value is -1.39. The van der Waals surface area contributed by atoms with Crippen LogP contribution in [0.5, 0.6) is 0 Å². The van der Waals surface area contributed by atoms with Crippen molar-refractivity contribution < 1.29 is 9.53 Å². The van der Waals surface area contributed by atoms with Crippen molar-refractivity contribution in [3.05, 3.63) is 35.4 Å². The van der Waals surface area contributed by atoms with Crippen LogP contribution in [0.2, 0.25) is 0 Å². The lowest BCUT2D eigenvalue weighted by molar-refractivity contribution is -0.00343. The minimum absolute atomic E-state index is 0.0404. The van der Waals surface area contributed by atoms with E-state index in [-0.39, 0.29) is 5.91 Å². The lowest BCUT2D eigenvalue weighted by Gasteiger charge is -2.30. The number of carbonyl (C=O) groups excluding carboxylic acids is 1. The van der Waals surface area contributed by atoms with E-state index in [1.54, 1.807) is 7.05 Å². The van der Waals surface area contributed by atoms with Gasteiger partial charge < -0.3 is 15.4 Å². The molecule has 0 bridgehead atoms. The SMILES string of the molecule is CCCC1CC(NCc2ccc(C(=O)NC)cc2)CCO1. The number of rotatable bonds is 6. The largest absolute Gasteiger partial charge is 0.378 e. The number of hydrogen-bond donors (Lipinski definition) is 2. The second-order valence-corrected chi connectivity index (χ2v) is 5.66. The van der Waals surface area contributed by atoms with Gasteiger partial charge in [0.1, 0.15) is 0 Å². The predicted molar refractivity (Wildman–Crippen MR) is 84.3 cm³/mol. The zero-order chi connectivity index (χ0) is 15.1. The lowest BCUT2D eigenvalue weighted by atomic mass is 10.00. The fourth-order valence-electron chi connectivity index (χ4n) is 2.77. The van der Waals surface area contributed by atoms with Crippen molar-refractivity contribution in [1.82, 2.24) is 10.6 Å². The van der Waals surface area contributed by atoms with Crippen LogP contribution in [0.3, 0.4) is 0 Å². The summed E-state index contributed by atoms with van der Waals surface area (Å²) in [7, 11) is 1.65.